The number of aryl methyl sites for hydroxylation is 1. The number of cyclic esters (lactones) is 1. The largest absolute Gasteiger partial charge is 0.494 e. The van der Waals surface area contributed by atoms with Crippen LogP contribution >= 0.6 is 0 Å². The number of aromatic nitrogens is 2. The molecule has 6 N–H and O–H groups in total. The number of hydrogen-bond acceptors (Lipinski definition) is 10. The molecule has 2 aliphatic heterocycles. The number of esters is 1. The normalized spacial score (nSPS) is 16.3. The van der Waals surface area contributed by atoms with E-state index in [1.807, 2.05) is 19.1 Å². The zero-order valence-electron chi connectivity index (χ0n) is 25.2. The van der Waals surface area contributed by atoms with Gasteiger partial charge in [-0.2, -0.15) is 0 Å². The topological polar surface area (TPSA) is 204 Å². The quantitative estimate of drug-likeness (QED) is 0.103. The maximum Gasteiger partial charge on any atom is 0.343 e. The van der Waals surface area contributed by atoms with Crippen molar-refractivity contribution in [2.75, 3.05) is 32.8 Å². The van der Waals surface area contributed by atoms with Gasteiger partial charge in [0.1, 0.15) is 12.4 Å². The van der Waals surface area contributed by atoms with Gasteiger partial charge in [-0.05, 0) is 49.1 Å². The number of amides is 3. The van der Waals surface area contributed by atoms with Crippen LogP contribution in [-0.2, 0) is 49.1 Å². The molecule has 14 nitrogen and oxygen atoms in total. The van der Waals surface area contributed by atoms with E-state index >= 15 is 0 Å². The monoisotopic (exact) mass is 620 g/mol. The average molecular weight is 621 g/mol. The number of pyridine rings is 2. The molecular formula is C31H36N6O8. The van der Waals surface area contributed by atoms with Gasteiger partial charge in [0.15, 0.2) is 5.60 Å². The van der Waals surface area contributed by atoms with E-state index < -0.39 is 23.4 Å². The fourth-order valence-electron chi connectivity index (χ4n) is 5.68. The summed E-state index contributed by atoms with van der Waals surface area (Å²) in [6.07, 6.45) is 1.27. The van der Waals surface area contributed by atoms with Crippen molar-refractivity contribution in [3.8, 4) is 17.1 Å². The van der Waals surface area contributed by atoms with Gasteiger partial charge in [-0.1, -0.05) is 13.8 Å². The summed E-state index contributed by atoms with van der Waals surface area (Å²) >= 11 is 0. The third-order valence-electron chi connectivity index (χ3n) is 8.12. The molecule has 0 unspecified atom stereocenters. The predicted octanol–water partition coefficient (Wildman–Crippen LogP) is -0.282. The van der Waals surface area contributed by atoms with Crippen molar-refractivity contribution in [3.63, 3.8) is 0 Å². The van der Waals surface area contributed by atoms with Crippen molar-refractivity contribution in [2.24, 2.45) is 5.73 Å². The lowest BCUT2D eigenvalue weighted by Gasteiger charge is -2.31. The van der Waals surface area contributed by atoms with Gasteiger partial charge in [0.2, 0.25) is 17.7 Å². The fraction of sp³-hybridized carbons (Fsp3) is 0.419. The Kier molecular flexibility index (Phi) is 9.16. The number of nitrogens with two attached hydrogens (primary N) is 1. The number of aliphatic hydroxyl groups is 1. The van der Waals surface area contributed by atoms with Crippen LogP contribution in [0.5, 0.6) is 5.75 Å². The number of carbonyl (C=O) groups is 4. The fourth-order valence-corrected chi connectivity index (χ4v) is 5.68. The minimum Gasteiger partial charge on any atom is -0.494 e. The summed E-state index contributed by atoms with van der Waals surface area (Å²) in [5.74, 6) is -1.46. The van der Waals surface area contributed by atoms with Crippen LogP contribution in [0.2, 0.25) is 0 Å². The Labute approximate surface area is 258 Å². The molecule has 0 radical (unpaired) electrons. The van der Waals surface area contributed by atoms with Crippen LogP contribution in [0.4, 0.5) is 0 Å². The Morgan fingerprint density at radius 1 is 1.07 bits per heavy atom. The lowest BCUT2D eigenvalue weighted by Crippen LogP contribution is -2.44. The van der Waals surface area contributed by atoms with Gasteiger partial charge in [0.25, 0.3) is 5.56 Å². The molecule has 0 aliphatic carbocycles. The van der Waals surface area contributed by atoms with Gasteiger partial charge < -0.3 is 40.8 Å². The lowest BCUT2D eigenvalue weighted by molar-refractivity contribution is -0.172. The number of rotatable bonds is 12. The highest BCUT2D eigenvalue weighted by Crippen LogP contribution is 2.40. The van der Waals surface area contributed by atoms with Gasteiger partial charge >= 0.3 is 5.97 Å². The number of ether oxygens (including phenoxy) is 2. The minimum absolute atomic E-state index is 0.0747. The van der Waals surface area contributed by atoms with Crippen molar-refractivity contribution in [1.29, 1.82) is 0 Å². The van der Waals surface area contributed by atoms with Crippen LogP contribution in [-0.4, -0.2) is 71.1 Å². The van der Waals surface area contributed by atoms with Gasteiger partial charge in [-0.15, -0.1) is 0 Å². The van der Waals surface area contributed by atoms with Crippen LogP contribution in [0.3, 0.4) is 0 Å². The van der Waals surface area contributed by atoms with Crippen molar-refractivity contribution < 1.29 is 33.8 Å². The average Bonchev–Trinajstić information content (AvgIpc) is 3.41. The molecule has 3 aromatic rings. The second-order valence-electron chi connectivity index (χ2n) is 10.9. The second kappa shape index (κ2) is 13.0. The van der Waals surface area contributed by atoms with Crippen LogP contribution < -0.4 is 32.0 Å². The highest BCUT2D eigenvalue weighted by Gasteiger charge is 2.45. The highest BCUT2D eigenvalue weighted by atomic mass is 16.6. The first kappa shape index (κ1) is 31.6. The van der Waals surface area contributed by atoms with E-state index in [2.05, 4.69) is 16.0 Å². The molecule has 2 aromatic heterocycles. The first-order chi connectivity index (χ1) is 21.6. The lowest BCUT2D eigenvalue weighted by atomic mass is 9.86. The number of fused-ring (bicyclic) bond motifs is 5. The molecule has 0 fully saturated rings. The molecule has 0 bridgehead atoms. The third-order valence-corrected chi connectivity index (χ3v) is 8.12. The standard InChI is InChI=1S/C31H36N6O8/c1-3-18-19-10-17(44-9-5-8-33-26(39)13-35-27(40)14-34-25(38)12-32)6-7-23(19)36-28-20(18)15-37-24(28)11-22-21(29(37)41)16-45-30(42)31(22,43)4-2/h6-7,10-11,43H,3-5,8-9,12-16,32H2,1-2H3,(H,33,39)(H,34,38)(H,35,40)/t31-/m0/s1. The molecule has 0 saturated heterocycles. The molecule has 0 saturated carbocycles. The van der Waals surface area contributed by atoms with E-state index in [0.717, 1.165) is 22.0 Å². The molecule has 45 heavy (non-hydrogen) atoms. The summed E-state index contributed by atoms with van der Waals surface area (Å²) in [5.41, 5.74) is 7.40. The predicted molar refractivity (Wildman–Crippen MR) is 162 cm³/mol. The first-order valence-electron chi connectivity index (χ1n) is 14.9. The number of nitrogens with one attached hydrogen (secondary N) is 3. The van der Waals surface area contributed by atoms with Crippen molar-refractivity contribution in [1.82, 2.24) is 25.5 Å². The minimum atomic E-state index is -1.88. The van der Waals surface area contributed by atoms with Crippen LogP contribution in [0, 0.1) is 0 Å². The summed E-state index contributed by atoms with van der Waals surface area (Å²) in [6, 6.07) is 7.28. The molecule has 1 aromatic carbocycles. The second-order valence-corrected chi connectivity index (χ2v) is 10.9. The zero-order chi connectivity index (χ0) is 32.3. The van der Waals surface area contributed by atoms with Gasteiger partial charge in [-0.3, -0.25) is 19.2 Å². The number of benzene rings is 1. The Balaban J connectivity index is 1.24. The summed E-state index contributed by atoms with van der Waals surface area (Å²) in [7, 11) is 0. The summed E-state index contributed by atoms with van der Waals surface area (Å²) in [5, 5.41) is 19.4. The third kappa shape index (κ3) is 6.11. The van der Waals surface area contributed by atoms with Crippen molar-refractivity contribution >= 4 is 34.6 Å². The van der Waals surface area contributed by atoms with E-state index in [9.17, 15) is 29.1 Å². The van der Waals surface area contributed by atoms with Crippen LogP contribution in [0.1, 0.15) is 48.9 Å². The van der Waals surface area contributed by atoms with Gasteiger partial charge in [-0.25, -0.2) is 9.78 Å². The van der Waals surface area contributed by atoms with Gasteiger partial charge in [0.05, 0.1) is 55.3 Å². The first-order valence-corrected chi connectivity index (χ1v) is 14.9. The van der Waals surface area contributed by atoms with E-state index in [-0.39, 0.29) is 55.3 Å². The number of carbonyl (C=O) groups excluding carboxylic acids is 4. The highest BCUT2D eigenvalue weighted by molar-refractivity contribution is 5.90. The summed E-state index contributed by atoms with van der Waals surface area (Å²) < 4.78 is 12.7. The molecular weight excluding hydrogens is 584 g/mol. The van der Waals surface area contributed by atoms with E-state index in [1.54, 1.807) is 23.6 Å². The molecule has 5 rings (SSSR count). The Morgan fingerprint density at radius 2 is 1.80 bits per heavy atom. The van der Waals surface area contributed by atoms with Crippen molar-refractivity contribution in [3.05, 3.63) is 56.9 Å². The Hall–Kier alpha value is -4.82. The molecule has 0 spiro atoms. The molecule has 4 heterocycles. The SMILES string of the molecule is CCc1c2c(nc3ccc(OCCCNC(=O)CNC(=O)CNC(=O)CN)cc13)-c1cc3c(c(=O)n1C2)COC(=O)[C@]3(O)CC. The smallest absolute Gasteiger partial charge is 0.343 e. The maximum absolute atomic E-state index is 13.5. The zero-order valence-corrected chi connectivity index (χ0v) is 25.2. The molecule has 14 heteroatoms. The summed E-state index contributed by atoms with van der Waals surface area (Å²) in [6.45, 7) is 3.80. The van der Waals surface area contributed by atoms with E-state index in [1.165, 1.54) is 0 Å². The molecule has 1 atom stereocenters. The van der Waals surface area contributed by atoms with E-state index in [4.69, 9.17) is 20.2 Å². The van der Waals surface area contributed by atoms with Crippen LogP contribution in [0.25, 0.3) is 22.3 Å². The Morgan fingerprint density at radius 3 is 2.51 bits per heavy atom. The molecule has 238 valence electrons. The van der Waals surface area contributed by atoms with E-state index in [0.29, 0.717) is 49.7 Å². The van der Waals surface area contributed by atoms with Crippen LogP contribution in [0.15, 0.2) is 29.1 Å². The van der Waals surface area contributed by atoms with Gasteiger partial charge in [0, 0.05) is 23.1 Å². The molecule has 2 aliphatic rings. The number of hydrogen-bond donors (Lipinski definition) is 5. The summed E-state index contributed by atoms with van der Waals surface area (Å²) in [4.78, 5) is 65.6. The Bertz CT molecular complexity index is 1750. The maximum atomic E-state index is 13.5. The molecule has 3 amide bonds. The number of nitrogens with zero attached hydrogens (tertiary/aromatic N) is 2. The van der Waals surface area contributed by atoms with Crippen molar-refractivity contribution in [2.45, 2.75) is 51.9 Å².